The quantitative estimate of drug-likeness (QED) is 0.687. The molecule has 72 valence electrons. The molecule has 0 heterocycles. The van der Waals surface area contributed by atoms with Crippen LogP contribution in [0.25, 0.3) is 0 Å². The molecule has 1 rings (SSSR count). The molecule has 0 aliphatic carbocycles. The SMILES string of the molecule is NOCS(=O)(=O)Nc1ccccc1. The first kappa shape index (κ1) is 9.97. The van der Waals surface area contributed by atoms with Crippen molar-refractivity contribution in [3.63, 3.8) is 0 Å². The largest absolute Gasteiger partial charge is 0.286 e. The van der Waals surface area contributed by atoms with Crippen LogP contribution < -0.4 is 10.6 Å². The smallest absolute Gasteiger partial charge is 0.259 e. The fourth-order valence-electron chi connectivity index (χ4n) is 0.805. The Balaban J connectivity index is 2.70. The summed E-state index contributed by atoms with van der Waals surface area (Å²) in [6.45, 7) is 0. The predicted molar refractivity (Wildman–Crippen MR) is 49.1 cm³/mol. The number of nitrogens with one attached hydrogen (secondary N) is 1. The van der Waals surface area contributed by atoms with E-state index >= 15 is 0 Å². The van der Waals surface area contributed by atoms with Crippen LogP contribution in [0.15, 0.2) is 30.3 Å². The van der Waals surface area contributed by atoms with E-state index in [-0.39, 0.29) is 0 Å². The van der Waals surface area contributed by atoms with Gasteiger partial charge in [0.2, 0.25) is 0 Å². The number of para-hydroxylation sites is 1. The van der Waals surface area contributed by atoms with Crippen molar-refractivity contribution in [3.05, 3.63) is 30.3 Å². The maximum atomic E-state index is 11.1. The average molecular weight is 202 g/mol. The molecule has 0 aliphatic rings. The van der Waals surface area contributed by atoms with Crippen LogP contribution in [0.3, 0.4) is 0 Å². The number of benzene rings is 1. The topological polar surface area (TPSA) is 81.4 Å². The van der Waals surface area contributed by atoms with Crippen LogP contribution in [0.1, 0.15) is 0 Å². The highest BCUT2D eigenvalue weighted by Crippen LogP contribution is 2.07. The number of rotatable bonds is 4. The zero-order valence-electron chi connectivity index (χ0n) is 6.80. The number of hydrogen-bond acceptors (Lipinski definition) is 4. The van der Waals surface area contributed by atoms with Crippen molar-refractivity contribution in [3.8, 4) is 0 Å². The third kappa shape index (κ3) is 3.41. The lowest BCUT2D eigenvalue weighted by molar-refractivity contribution is 0.183. The van der Waals surface area contributed by atoms with Crippen LogP contribution in [0.4, 0.5) is 5.69 Å². The summed E-state index contributed by atoms with van der Waals surface area (Å²) >= 11 is 0. The Labute approximate surface area is 76.5 Å². The summed E-state index contributed by atoms with van der Waals surface area (Å²) in [5.74, 6) is 4.10. The van der Waals surface area contributed by atoms with Gasteiger partial charge < -0.3 is 0 Å². The molecular weight excluding hydrogens is 192 g/mol. The normalized spacial score (nSPS) is 11.2. The van der Waals surface area contributed by atoms with Gasteiger partial charge in [0.15, 0.2) is 5.94 Å². The van der Waals surface area contributed by atoms with E-state index in [1.807, 2.05) is 0 Å². The Bertz CT molecular complexity index is 349. The van der Waals surface area contributed by atoms with Gasteiger partial charge in [0, 0.05) is 5.69 Å². The van der Waals surface area contributed by atoms with Crippen molar-refractivity contribution in [2.45, 2.75) is 0 Å². The molecule has 13 heavy (non-hydrogen) atoms. The first-order valence-electron chi connectivity index (χ1n) is 3.51. The molecule has 1 aromatic carbocycles. The molecule has 0 saturated carbocycles. The van der Waals surface area contributed by atoms with Gasteiger partial charge in [-0.25, -0.2) is 14.3 Å². The van der Waals surface area contributed by atoms with E-state index in [0.29, 0.717) is 5.69 Å². The van der Waals surface area contributed by atoms with E-state index < -0.39 is 16.0 Å². The number of hydrogen-bond donors (Lipinski definition) is 2. The summed E-state index contributed by atoms with van der Waals surface area (Å²) in [4.78, 5) is 4.03. The molecule has 6 heteroatoms. The lowest BCUT2D eigenvalue weighted by Crippen LogP contribution is -2.20. The maximum absolute atomic E-state index is 11.1. The van der Waals surface area contributed by atoms with Crippen LogP contribution in [-0.2, 0) is 14.9 Å². The Morgan fingerprint density at radius 3 is 2.46 bits per heavy atom. The second-order valence-electron chi connectivity index (χ2n) is 2.37. The minimum Gasteiger partial charge on any atom is -0.286 e. The van der Waals surface area contributed by atoms with E-state index in [1.54, 1.807) is 30.3 Å². The van der Waals surface area contributed by atoms with E-state index in [4.69, 9.17) is 0 Å². The fraction of sp³-hybridized carbons (Fsp3) is 0.143. The second kappa shape index (κ2) is 4.22. The summed E-state index contributed by atoms with van der Waals surface area (Å²) in [6, 6.07) is 8.50. The summed E-state index contributed by atoms with van der Waals surface area (Å²) in [7, 11) is -3.48. The minimum atomic E-state index is -3.48. The predicted octanol–water partition coefficient (Wildman–Crippen LogP) is 0.276. The van der Waals surface area contributed by atoms with Crippen molar-refractivity contribution < 1.29 is 13.3 Å². The molecule has 0 aliphatic heterocycles. The van der Waals surface area contributed by atoms with Crippen molar-refractivity contribution >= 4 is 15.7 Å². The standard InChI is InChI=1S/C7H10N2O3S/c8-12-6-13(10,11)9-7-4-2-1-3-5-7/h1-5,9H,6,8H2. The summed E-state index contributed by atoms with van der Waals surface area (Å²) in [5.41, 5.74) is 0.486. The Hall–Kier alpha value is -1.11. The number of sulfonamides is 1. The molecule has 0 atom stereocenters. The Morgan fingerprint density at radius 1 is 1.31 bits per heavy atom. The molecule has 0 radical (unpaired) electrons. The van der Waals surface area contributed by atoms with Gasteiger partial charge in [-0.3, -0.25) is 9.56 Å². The Morgan fingerprint density at radius 2 is 1.92 bits per heavy atom. The van der Waals surface area contributed by atoms with Gasteiger partial charge >= 0.3 is 0 Å². The third-order valence-electron chi connectivity index (χ3n) is 1.27. The fourth-order valence-corrected chi connectivity index (χ4v) is 1.54. The van der Waals surface area contributed by atoms with E-state index in [0.717, 1.165) is 0 Å². The van der Waals surface area contributed by atoms with Gasteiger partial charge in [-0.2, -0.15) is 0 Å². The van der Waals surface area contributed by atoms with Gasteiger partial charge in [-0.05, 0) is 12.1 Å². The average Bonchev–Trinajstić information content (AvgIpc) is 2.04. The van der Waals surface area contributed by atoms with E-state index in [1.165, 1.54) is 0 Å². The molecule has 1 aromatic rings. The minimum absolute atomic E-state index is 0.486. The molecule has 0 unspecified atom stereocenters. The molecule has 0 saturated heterocycles. The monoisotopic (exact) mass is 202 g/mol. The molecule has 0 aromatic heterocycles. The Kier molecular flexibility index (Phi) is 3.24. The third-order valence-corrected chi connectivity index (χ3v) is 2.26. The summed E-state index contributed by atoms with van der Waals surface area (Å²) in [6.07, 6.45) is 0. The maximum Gasteiger partial charge on any atom is 0.259 e. The van der Waals surface area contributed by atoms with Crippen LogP contribution in [0.2, 0.25) is 0 Å². The highest BCUT2D eigenvalue weighted by atomic mass is 32.2. The van der Waals surface area contributed by atoms with Gasteiger partial charge in [-0.15, -0.1) is 0 Å². The molecule has 3 N–H and O–H groups in total. The van der Waals surface area contributed by atoms with E-state index in [2.05, 4.69) is 15.5 Å². The van der Waals surface area contributed by atoms with Gasteiger partial charge in [0.25, 0.3) is 10.0 Å². The zero-order valence-corrected chi connectivity index (χ0v) is 7.62. The van der Waals surface area contributed by atoms with Crippen molar-refractivity contribution in [1.29, 1.82) is 0 Å². The van der Waals surface area contributed by atoms with Gasteiger partial charge in [-0.1, -0.05) is 18.2 Å². The number of nitrogens with two attached hydrogens (primary N) is 1. The van der Waals surface area contributed by atoms with Crippen LogP contribution in [0.5, 0.6) is 0 Å². The van der Waals surface area contributed by atoms with Gasteiger partial charge in [0.05, 0.1) is 0 Å². The van der Waals surface area contributed by atoms with Gasteiger partial charge in [0.1, 0.15) is 0 Å². The molecule has 0 fully saturated rings. The highest BCUT2D eigenvalue weighted by molar-refractivity contribution is 7.92. The van der Waals surface area contributed by atoms with Crippen LogP contribution in [0, 0.1) is 0 Å². The van der Waals surface area contributed by atoms with Crippen molar-refractivity contribution in [2.24, 2.45) is 5.90 Å². The molecule has 0 amide bonds. The lowest BCUT2D eigenvalue weighted by atomic mass is 10.3. The number of anilines is 1. The van der Waals surface area contributed by atoms with E-state index in [9.17, 15) is 8.42 Å². The highest BCUT2D eigenvalue weighted by Gasteiger charge is 2.08. The van der Waals surface area contributed by atoms with Crippen molar-refractivity contribution in [1.82, 2.24) is 0 Å². The first-order valence-corrected chi connectivity index (χ1v) is 5.16. The van der Waals surface area contributed by atoms with Crippen LogP contribution in [-0.4, -0.2) is 14.4 Å². The van der Waals surface area contributed by atoms with Crippen molar-refractivity contribution in [2.75, 3.05) is 10.7 Å². The molecular formula is C7H10N2O3S. The molecule has 0 spiro atoms. The lowest BCUT2D eigenvalue weighted by Gasteiger charge is -2.05. The first-order chi connectivity index (χ1) is 6.14. The molecule has 0 bridgehead atoms. The second-order valence-corrected chi connectivity index (χ2v) is 4.04. The summed E-state index contributed by atoms with van der Waals surface area (Å²) < 4.78 is 24.5. The zero-order chi connectivity index (χ0) is 9.73. The molecule has 5 nitrogen and oxygen atoms in total. The summed E-state index contributed by atoms with van der Waals surface area (Å²) in [5, 5.41) is 0. The van der Waals surface area contributed by atoms with Crippen LogP contribution >= 0.6 is 0 Å².